The Bertz CT molecular complexity index is 513. The highest BCUT2D eigenvalue weighted by Gasteiger charge is 2.35. The van der Waals surface area contributed by atoms with Crippen LogP contribution < -0.4 is 10.1 Å². The van der Waals surface area contributed by atoms with Crippen LogP contribution in [-0.2, 0) is 6.42 Å². The van der Waals surface area contributed by atoms with E-state index in [1.54, 1.807) is 18.2 Å². The van der Waals surface area contributed by atoms with E-state index in [0.29, 0.717) is 12.0 Å². The normalized spacial score (nSPS) is 22.2. The Balaban J connectivity index is 2.11. The van der Waals surface area contributed by atoms with E-state index in [0.717, 1.165) is 11.7 Å². The molecule has 1 aliphatic rings. The lowest BCUT2D eigenvalue weighted by molar-refractivity contribution is 0.257. The lowest BCUT2D eigenvalue weighted by Crippen LogP contribution is -2.45. The number of unbranched alkanes of at least 4 members (excludes halogenated alkanes) is 4. The lowest BCUT2D eigenvalue weighted by Gasteiger charge is -2.41. The second-order valence-corrected chi connectivity index (χ2v) is 8.11. The summed E-state index contributed by atoms with van der Waals surface area (Å²) >= 11 is 0. The van der Waals surface area contributed by atoms with Gasteiger partial charge in [-0.15, -0.1) is 0 Å². The van der Waals surface area contributed by atoms with E-state index in [1.807, 2.05) is 0 Å². The number of benzene rings is 1. The van der Waals surface area contributed by atoms with Crippen LogP contribution in [0.5, 0.6) is 5.75 Å². The molecule has 0 spiro atoms. The SMILES string of the molecule is CCCCCCCN[C@H]1[C@@H](CCC)Cc2ccc(OC)cc2[C@H]1CCC. The highest BCUT2D eigenvalue weighted by atomic mass is 16.5. The molecular weight excluding hydrogens is 318 g/mol. The first-order valence-electron chi connectivity index (χ1n) is 11.1. The standard InChI is InChI=1S/C24H41NO/c1-5-8-9-10-11-16-25-24-20(12-6-2)17-19-14-15-21(26-4)18-23(19)22(24)13-7-3/h14-15,18,20,22,24-25H,5-13,16-17H2,1-4H3/t20-,22+,24-/m0/s1. The van der Waals surface area contributed by atoms with E-state index in [9.17, 15) is 0 Å². The van der Waals surface area contributed by atoms with Crippen molar-refractivity contribution in [3.8, 4) is 5.75 Å². The van der Waals surface area contributed by atoms with Gasteiger partial charge in [0.15, 0.2) is 0 Å². The zero-order valence-electron chi connectivity index (χ0n) is 17.7. The van der Waals surface area contributed by atoms with Gasteiger partial charge in [0.2, 0.25) is 0 Å². The van der Waals surface area contributed by atoms with Gasteiger partial charge in [0, 0.05) is 6.04 Å². The molecule has 26 heavy (non-hydrogen) atoms. The molecule has 0 fully saturated rings. The highest BCUT2D eigenvalue weighted by Crippen LogP contribution is 2.41. The quantitative estimate of drug-likeness (QED) is 0.431. The van der Waals surface area contributed by atoms with Gasteiger partial charge in [-0.1, -0.05) is 65.4 Å². The first-order valence-corrected chi connectivity index (χ1v) is 11.1. The van der Waals surface area contributed by atoms with Crippen LogP contribution in [0.15, 0.2) is 18.2 Å². The summed E-state index contributed by atoms with van der Waals surface area (Å²) < 4.78 is 5.53. The maximum Gasteiger partial charge on any atom is 0.119 e. The van der Waals surface area contributed by atoms with Crippen molar-refractivity contribution in [1.29, 1.82) is 0 Å². The molecule has 0 saturated heterocycles. The van der Waals surface area contributed by atoms with Gasteiger partial charge in [0.05, 0.1) is 7.11 Å². The number of fused-ring (bicyclic) bond motifs is 1. The molecule has 0 radical (unpaired) electrons. The zero-order valence-corrected chi connectivity index (χ0v) is 17.7. The van der Waals surface area contributed by atoms with Gasteiger partial charge in [0.1, 0.15) is 5.75 Å². The van der Waals surface area contributed by atoms with Crippen molar-refractivity contribution in [3.63, 3.8) is 0 Å². The molecule has 1 aromatic rings. The summed E-state index contributed by atoms with van der Waals surface area (Å²) in [5.41, 5.74) is 3.10. The third-order valence-electron chi connectivity index (χ3n) is 6.10. The minimum absolute atomic E-state index is 0.626. The van der Waals surface area contributed by atoms with E-state index in [2.05, 4.69) is 44.3 Å². The third kappa shape index (κ3) is 5.74. The van der Waals surface area contributed by atoms with Gasteiger partial charge in [-0.25, -0.2) is 0 Å². The summed E-state index contributed by atoms with van der Waals surface area (Å²) in [5.74, 6) is 2.41. The average Bonchev–Trinajstić information content (AvgIpc) is 2.66. The second-order valence-electron chi connectivity index (χ2n) is 8.11. The number of methoxy groups -OCH3 is 1. The fraction of sp³-hybridized carbons (Fsp3) is 0.750. The molecular formula is C24H41NO. The zero-order chi connectivity index (χ0) is 18.8. The summed E-state index contributed by atoms with van der Waals surface area (Å²) in [6.07, 6.45) is 13.1. The summed E-state index contributed by atoms with van der Waals surface area (Å²) in [5, 5.41) is 4.01. The van der Waals surface area contributed by atoms with Gasteiger partial charge in [-0.2, -0.15) is 0 Å². The van der Waals surface area contributed by atoms with Crippen molar-refractivity contribution in [1.82, 2.24) is 5.32 Å². The molecule has 1 N–H and O–H groups in total. The van der Waals surface area contributed by atoms with E-state index < -0.39 is 0 Å². The second kappa shape index (κ2) is 11.6. The molecule has 0 aliphatic heterocycles. The Labute approximate surface area is 162 Å². The van der Waals surface area contributed by atoms with Crippen LogP contribution in [-0.4, -0.2) is 19.7 Å². The number of ether oxygens (including phenoxy) is 1. The van der Waals surface area contributed by atoms with Crippen LogP contribution in [0.25, 0.3) is 0 Å². The molecule has 148 valence electrons. The van der Waals surface area contributed by atoms with Gasteiger partial charge < -0.3 is 10.1 Å². The molecule has 0 bridgehead atoms. The molecule has 2 rings (SSSR count). The van der Waals surface area contributed by atoms with Crippen LogP contribution in [0.1, 0.15) is 95.6 Å². The van der Waals surface area contributed by atoms with Crippen LogP contribution >= 0.6 is 0 Å². The molecule has 0 heterocycles. The van der Waals surface area contributed by atoms with E-state index in [4.69, 9.17) is 4.74 Å². The monoisotopic (exact) mass is 359 g/mol. The van der Waals surface area contributed by atoms with Crippen molar-refractivity contribution in [2.24, 2.45) is 5.92 Å². The third-order valence-corrected chi connectivity index (χ3v) is 6.10. The fourth-order valence-electron chi connectivity index (χ4n) is 4.77. The smallest absolute Gasteiger partial charge is 0.119 e. The Morgan fingerprint density at radius 1 is 0.962 bits per heavy atom. The van der Waals surface area contributed by atoms with Crippen molar-refractivity contribution in [3.05, 3.63) is 29.3 Å². The minimum atomic E-state index is 0.626. The molecule has 0 amide bonds. The fourth-order valence-corrected chi connectivity index (χ4v) is 4.77. The van der Waals surface area contributed by atoms with Gasteiger partial charge in [0.25, 0.3) is 0 Å². The molecule has 0 unspecified atom stereocenters. The topological polar surface area (TPSA) is 21.3 Å². The summed E-state index contributed by atoms with van der Waals surface area (Å²) in [6, 6.07) is 7.40. The number of rotatable bonds is 12. The van der Waals surface area contributed by atoms with E-state index in [-0.39, 0.29) is 0 Å². The number of nitrogens with one attached hydrogen (secondary N) is 1. The maximum atomic E-state index is 5.53. The van der Waals surface area contributed by atoms with Gasteiger partial charge in [-0.05, 0) is 67.3 Å². The minimum Gasteiger partial charge on any atom is -0.497 e. The Morgan fingerprint density at radius 2 is 1.73 bits per heavy atom. The predicted octanol–water partition coefficient (Wildman–Crippen LogP) is 6.48. The largest absolute Gasteiger partial charge is 0.497 e. The first kappa shape index (κ1) is 21.3. The lowest BCUT2D eigenvalue weighted by atomic mass is 9.70. The van der Waals surface area contributed by atoms with Gasteiger partial charge >= 0.3 is 0 Å². The van der Waals surface area contributed by atoms with Crippen LogP contribution in [0, 0.1) is 5.92 Å². The van der Waals surface area contributed by atoms with Crippen LogP contribution in [0.4, 0.5) is 0 Å². The van der Waals surface area contributed by atoms with Gasteiger partial charge in [-0.3, -0.25) is 0 Å². The van der Waals surface area contributed by atoms with Crippen molar-refractivity contribution >= 4 is 0 Å². The van der Waals surface area contributed by atoms with Crippen molar-refractivity contribution in [2.75, 3.05) is 13.7 Å². The molecule has 2 heteroatoms. The van der Waals surface area contributed by atoms with E-state index >= 15 is 0 Å². The predicted molar refractivity (Wildman–Crippen MR) is 113 cm³/mol. The van der Waals surface area contributed by atoms with Crippen LogP contribution in [0.3, 0.4) is 0 Å². The highest BCUT2D eigenvalue weighted by molar-refractivity contribution is 5.41. The molecule has 1 aromatic carbocycles. The van der Waals surface area contributed by atoms with E-state index in [1.165, 1.54) is 70.8 Å². The van der Waals surface area contributed by atoms with Crippen molar-refractivity contribution in [2.45, 2.75) is 96.9 Å². The summed E-state index contributed by atoms with van der Waals surface area (Å²) in [6.45, 7) is 8.12. The van der Waals surface area contributed by atoms with Crippen molar-refractivity contribution < 1.29 is 4.74 Å². The molecule has 0 saturated carbocycles. The Morgan fingerprint density at radius 3 is 2.42 bits per heavy atom. The Hall–Kier alpha value is -1.02. The summed E-state index contributed by atoms with van der Waals surface area (Å²) in [4.78, 5) is 0. The first-order chi connectivity index (χ1) is 12.7. The van der Waals surface area contributed by atoms with Crippen LogP contribution in [0.2, 0.25) is 0 Å². The maximum absolute atomic E-state index is 5.53. The molecule has 0 aromatic heterocycles. The molecule has 1 aliphatic carbocycles. The number of hydrogen-bond acceptors (Lipinski definition) is 2. The molecule has 3 atom stereocenters. The molecule has 2 nitrogen and oxygen atoms in total. The average molecular weight is 360 g/mol. The Kier molecular flexibility index (Phi) is 9.53. The summed E-state index contributed by atoms with van der Waals surface area (Å²) in [7, 11) is 1.78. The number of hydrogen-bond donors (Lipinski definition) is 1.